The molecule has 19 heavy (non-hydrogen) atoms. The van der Waals surface area contributed by atoms with Crippen LogP contribution in [-0.2, 0) is 14.3 Å². The predicted octanol–water partition coefficient (Wildman–Crippen LogP) is 0.686. The van der Waals surface area contributed by atoms with E-state index < -0.39 is 5.54 Å². The van der Waals surface area contributed by atoms with Crippen LogP contribution in [0.1, 0.15) is 32.6 Å². The minimum Gasteiger partial charge on any atom is -0.468 e. The van der Waals surface area contributed by atoms with E-state index >= 15 is 0 Å². The molecule has 5 nitrogen and oxygen atoms in total. The highest BCUT2D eigenvalue weighted by Crippen LogP contribution is 2.29. The molecular weight excluding hydrogens is 244 g/mol. The van der Waals surface area contributed by atoms with Gasteiger partial charge in [-0.3, -0.25) is 10.1 Å². The normalized spacial score (nSPS) is 35.3. The van der Waals surface area contributed by atoms with Gasteiger partial charge < -0.3 is 14.8 Å². The molecule has 0 amide bonds. The minimum absolute atomic E-state index is 0.126. The second-order valence-corrected chi connectivity index (χ2v) is 5.54. The van der Waals surface area contributed by atoms with Crippen LogP contribution in [0.3, 0.4) is 0 Å². The molecule has 3 atom stereocenters. The Labute approximate surface area is 115 Å². The molecule has 2 aliphatic rings. The molecule has 2 heterocycles. The Kier molecular flexibility index (Phi) is 5.19. The molecule has 3 unspecified atom stereocenters. The van der Waals surface area contributed by atoms with E-state index in [-0.39, 0.29) is 18.0 Å². The Bertz CT molecular complexity index is 305. The third-order valence-electron chi connectivity index (χ3n) is 4.50. The van der Waals surface area contributed by atoms with Crippen LogP contribution in [-0.4, -0.2) is 51.0 Å². The third-order valence-corrected chi connectivity index (χ3v) is 4.50. The number of hydrogen-bond acceptors (Lipinski definition) is 5. The summed E-state index contributed by atoms with van der Waals surface area (Å²) in [6.07, 6.45) is 4.19. The van der Waals surface area contributed by atoms with Crippen molar-refractivity contribution >= 4 is 5.97 Å². The maximum atomic E-state index is 12.3. The summed E-state index contributed by atoms with van der Waals surface area (Å²) in [6, 6.07) is 0. The van der Waals surface area contributed by atoms with Gasteiger partial charge in [0.1, 0.15) is 5.54 Å². The van der Waals surface area contributed by atoms with E-state index in [1.807, 2.05) is 0 Å². The quantitative estimate of drug-likeness (QED) is 0.720. The lowest BCUT2D eigenvalue weighted by atomic mass is 9.76. The maximum absolute atomic E-state index is 12.3. The second-order valence-electron chi connectivity index (χ2n) is 5.54. The van der Waals surface area contributed by atoms with Crippen LogP contribution in [0.2, 0.25) is 0 Å². The predicted molar refractivity (Wildman–Crippen MR) is 73.0 cm³/mol. The lowest BCUT2D eigenvalue weighted by molar-refractivity contribution is -0.153. The largest absolute Gasteiger partial charge is 0.468 e. The number of hydrogen-bond donors (Lipinski definition) is 2. The summed E-state index contributed by atoms with van der Waals surface area (Å²) >= 11 is 0. The first-order valence-electron chi connectivity index (χ1n) is 7.38. The van der Waals surface area contributed by atoms with Gasteiger partial charge >= 0.3 is 5.97 Å². The lowest BCUT2D eigenvalue weighted by Gasteiger charge is -2.43. The highest BCUT2D eigenvalue weighted by molar-refractivity contribution is 5.81. The summed E-state index contributed by atoms with van der Waals surface area (Å²) in [5, 5.41) is 6.86. The molecule has 0 saturated carbocycles. The summed E-state index contributed by atoms with van der Waals surface area (Å²) in [5.41, 5.74) is -0.541. The first-order valence-corrected chi connectivity index (χ1v) is 7.38. The Balaban J connectivity index is 2.06. The second kappa shape index (κ2) is 6.68. The zero-order valence-corrected chi connectivity index (χ0v) is 12.0. The van der Waals surface area contributed by atoms with Crippen molar-refractivity contribution in [2.75, 3.05) is 33.4 Å². The first kappa shape index (κ1) is 14.8. The number of carbonyl (C=O) groups is 1. The monoisotopic (exact) mass is 270 g/mol. The van der Waals surface area contributed by atoms with Crippen LogP contribution in [0, 0.1) is 5.92 Å². The van der Waals surface area contributed by atoms with Gasteiger partial charge in [0.2, 0.25) is 0 Å². The number of esters is 1. The van der Waals surface area contributed by atoms with Crippen molar-refractivity contribution in [1.82, 2.24) is 10.6 Å². The fraction of sp³-hybridized carbons (Fsp3) is 0.929. The number of rotatable bonds is 5. The fourth-order valence-electron chi connectivity index (χ4n) is 3.29. The Morgan fingerprint density at radius 1 is 1.58 bits per heavy atom. The molecule has 110 valence electrons. The van der Waals surface area contributed by atoms with Crippen LogP contribution in [0.4, 0.5) is 0 Å². The van der Waals surface area contributed by atoms with Gasteiger partial charge in [0.05, 0.1) is 13.2 Å². The first-order chi connectivity index (χ1) is 9.23. The highest BCUT2D eigenvalue weighted by atomic mass is 16.5. The number of methoxy groups -OCH3 is 1. The van der Waals surface area contributed by atoms with Gasteiger partial charge in [0.15, 0.2) is 0 Å². The number of nitrogens with one attached hydrogen (secondary N) is 2. The average Bonchev–Trinajstić information content (AvgIpc) is 2.97. The smallest absolute Gasteiger partial charge is 0.326 e. The van der Waals surface area contributed by atoms with Crippen molar-refractivity contribution in [3.63, 3.8) is 0 Å². The van der Waals surface area contributed by atoms with Gasteiger partial charge in [0.25, 0.3) is 0 Å². The van der Waals surface area contributed by atoms with Crippen LogP contribution in [0.15, 0.2) is 0 Å². The van der Waals surface area contributed by atoms with E-state index in [9.17, 15) is 4.79 Å². The molecule has 2 aliphatic heterocycles. The van der Waals surface area contributed by atoms with Gasteiger partial charge in [0, 0.05) is 25.6 Å². The van der Waals surface area contributed by atoms with Crippen molar-refractivity contribution in [3.05, 3.63) is 0 Å². The molecule has 0 spiro atoms. The highest BCUT2D eigenvalue weighted by Gasteiger charge is 2.47. The van der Waals surface area contributed by atoms with E-state index in [1.165, 1.54) is 7.11 Å². The minimum atomic E-state index is -0.541. The maximum Gasteiger partial charge on any atom is 0.326 e. The van der Waals surface area contributed by atoms with E-state index in [0.29, 0.717) is 0 Å². The van der Waals surface area contributed by atoms with Crippen LogP contribution < -0.4 is 10.6 Å². The van der Waals surface area contributed by atoms with Crippen LogP contribution in [0.25, 0.3) is 0 Å². The van der Waals surface area contributed by atoms with Gasteiger partial charge in [-0.05, 0) is 32.2 Å². The summed E-state index contributed by atoms with van der Waals surface area (Å²) in [7, 11) is 1.48. The Hall–Kier alpha value is -0.650. The summed E-state index contributed by atoms with van der Waals surface area (Å²) < 4.78 is 10.7. The van der Waals surface area contributed by atoms with Gasteiger partial charge in [-0.1, -0.05) is 6.92 Å². The molecule has 2 saturated heterocycles. The SMILES string of the molecule is CCC1CNCCC1(NCC1CCCO1)C(=O)OC. The summed E-state index contributed by atoms with van der Waals surface area (Å²) in [4.78, 5) is 12.3. The van der Waals surface area contributed by atoms with Crippen molar-refractivity contribution in [1.29, 1.82) is 0 Å². The van der Waals surface area contributed by atoms with E-state index in [4.69, 9.17) is 9.47 Å². The lowest BCUT2D eigenvalue weighted by Crippen LogP contribution is -2.64. The molecule has 0 aromatic heterocycles. The topological polar surface area (TPSA) is 59.6 Å². The van der Waals surface area contributed by atoms with Crippen LogP contribution in [0.5, 0.6) is 0 Å². The Morgan fingerprint density at radius 3 is 3.05 bits per heavy atom. The van der Waals surface area contributed by atoms with Crippen molar-refractivity contribution in [3.8, 4) is 0 Å². The molecule has 5 heteroatoms. The molecular formula is C14H26N2O3. The number of carbonyl (C=O) groups excluding carboxylic acids is 1. The van der Waals surface area contributed by atoms with E-state index in [2.05, 4.69) is 17.6 Å². The van der Waals surface area contributed by atoms with Crippen molar-refractivity contribution in [2.24, 2.45) is 5.92 Å². The van der Waals surface area contributed by atoms with Gasteiger partial charge in [-0.2, -0.15) is 0 Å². The third kappa shape index (κ3) is 3.09. The van der Waals surface area contributed by atoms with Gasteiger partial charge in [-0.25, -0.2) is 0 Å². The molecule has 0 radical (unpaired) electrons. The molecule has 0 bridgehead atoms. The molecule has 2 N–H and O–H groups in total. The average molecular weight is 270 g/mol. The van der Waals surface area contributed by atoms with Crippen molar-refractivity contribution < 1.29 is 14.3 Å². The molecule has 0 aromatic rings. The zero-order valence-electron chi connectivity index (χ0n) is 12.0. The van der Waals surface area contributed by atoms with E-state index in [1.54, 1.807) is 0 Å². The van der Waals surface area contributed by atoms with Gasteiger partial charge in [-0.15, -0.1) is 0 Å². The van der Waals surface area contributed by atoms with Crippen LogP contribution >= 0.6 is 0 Å². The standard InChI is InChI=1S/C14H26N2O3/c1-3-11-9-15-7-6-14(11,13(17)18-2)16-10-12-5-4-8-19-12/h11-12,15-16H,3-10H2,1-2H3. The molecule has 0 aliphatic carbocycles. The summed E-state index contributed by atoms with van der Waals surface area (Å²) in [6.45, 7) is 5.43. The zero-order chi connectivity index (χ0) is 13.7. The molecule has 0 aromatic carbocycles. The number of piperidine rings is 1. The number of ether oxygens (including phenoxy) is 2. The summed E-state index contributed by atoms with van der Waals surface area (Å²) in [5.74, 6) is 0.147. The molecule has 2 fully saturated rings. The van der Waals surface area contributed by atoms with Crippen molar-refractivity contribution in [2.45, 2.75) is 44.2 Å². The Morgan fingerprint density at radius 2 is 2.42 bits per heavy atom. The molecule has 2 rings (SSSR count). The fourth-order valence-corrected chi connectivity index (χ4v) is 3.29. The van der Waals surface area contributed by atoms with E-state index in [0.717, 1.165) is 51.9 Å².